The van der Waals surface area contributed by atoms with Crippen LogP contribution in [-0.4, -0.2) is 47.9 Å². The van der Waals surface area contributed by atoms with Gasteiger partial charge < -0.3 is 4.90 Å². The van der Waals surface area contributed by atoms with Gasteiger partial charge in [-0.25, -0.2) is 0 Å². The second-order valence-electron chi connectivity index (χ2n) is 5.42. The fourth-order valence-electron chi connectivity index (χ4n) is 3.20. The zero-order valence-corrected chi connectivity index (χ0v) is 13.2. The van der Waals surface area contributed by atoms with Crippen LogP contribution in [0.2, 0.25) is 0 Å². The van der Waals surface area contributed by atoms with E-state index in [-0.39, 0.29) is 5.91 Å². The number of carbonyl (C=O) groups excluding carboxylic acids is 1. The van der Waals surface area contributed by atoms with Crippen LogP contribution in [0, 0.1) is 3.57 Å². The van der Waals surface area contributed by atoms with Crippen molar-refractivity contribution in [2.75, 3.05) is 26.2 Å². The van der Waals surface area contributed by atoms with Crippen molar-refractivity contribution in [2.45, 2.75) is 25.3 Å². The smallest absolute Gasteiger partial charge is 0.254 e. The average molecular weight is 370 g/mol. The predicted octanol–water partition coefficient (Wildman–Crippen LogP) is 2.60. The lowest BCUT2D eigenvalue weighted by atomic mass is 10.1. The van der Waals surface area contributed by atoms with Crippen molar-refractivity contribution in [3.63, 3.8) is 0 Å². The van der Waals surface area contributed by atoms with Gasteiger partial charge in [0.05, 0.1) is 5.56 Å². The SMILES string of the molecule is O=C(c1ccccc1I)N1CCCN2CCCC2C1. The largest absolute Gasteiger partial charge is 0.337 e. The molecule has 1 aromatic rings. The fourth-order valence-corrected chi connectivity index (χ4v) is 3.81. The Balaban J connectivity index is 1.78. The summed E-state index contributed by atoms with van der Waals surface area (Å²) in [7, 11) is 0. The van der Waals surface area contributed by atoms with Gasteiger partial charge in [-0.15, -0.1) is 0 Å². The molecule has 2 heterocycles. The third-order valence-electron chi connectivity index (χ3n) is 4.20. The fraction of sp³-hybridized carbons (Fsp3) is 0.533. The van der Waals surface area contributed by atoms with Gasteiger partial charge in [0.1, 0.15) is 0 Å². The maximum absolute atomic E-state index is 12.7. The number of hydrogen-bond acceptors (Lipinski definition) is 2. The maximum Gasteiger partial charge on any atom is 0.254 e. The molecule has 0 N–H and O–H groups in total. The second-order valence-corrected chi connectivity index (χ2v) is 6.58. The first kappa shape index (κ1) is 13.4. The molecule has 0 spiro atoms. The van der Waals surface area contributed by atoms with E-state index in [1.165, 1.54) is 19.4 Å². The van der Waals surface area contributed by atoms with E-state index in [0.29, 0.717) is 6.04 Å². The van der Waals surface area contributed by atoms with Crippen LogP contribution in [0.15, 0.2) is 24.3 Å². The summed E-state index contributed by atoms with van der Waals surface area (Å²) in [6.07, 6.45) is 3.64. The predicted molar refractivity (Wildman–Crippen MR) is 84.3 cm³/mol. The summed E-state index contributed by atoms with van der Waals surface area (Å²) in [6.45, 7) is 4.18. The lowest BCUT2D eigenvalue weighted by Gasteiger charge is -2.26. The molecule has 0 aromatic heterocycles. The molecule has 0 radical (unpaired) electrons. The molecule has 4 heteroatoms. The molecular weight excluding hydrogens is 351 g/mol. The highest BCUT2D eigenvalue weighted by Crippen LogP contribution is 2.23. The molecule has 2 fully saturated rings. The lowest BCUT2D eigenvalue weighted by molar-refractivity contribution is 0.0742. The van der Waals surface area contributed by atoms with Crippen LogP contribution in [0.1, 0.15) is 29.6 Å². The van der Waals surface area contributed by atoms with Gasteiger partial charge in [0.25, 0.3) is 5.91 Å². The Morgan fingerprint density at radius 3 is 2.79 bits per heavy atom. The minimum absolute atomic E-state index is 0.207. The number of hydrogen-bond donors (Lipinski definition) is 0. The first-order valence-corrected chi connectivity index (χ1v) is 8.11. The highest BCUT2D eigenvalue weighted by Gasteiger charge is 2.31. The van der Waals surface area contributed by atoms with Crippen molar-refractivity contribution >= 4 is 28.5 Å². The highest BCUT2D eigenvalue weighted by atomic mass is 127. The van der Waals surface area contributed by atoms with Crippen LogP contribution in [0.3, 0.4) is 0 Å². The van der Waals surface area contributed by atoms with Crippen LogP contribution < -0.4 is 0 Å². The van der Waals surface area contributed by atoms with E-state index >= 15 is 0 Å². The molecule has 1 amide bonds. The van der Waals surface area contributed by atoms with Crippen molar-refractivity contribution in [3.8, 4) is 0 Å². The summed E-state index contributed by atoms with van der Waals surface area (Å²) in [4.78, 5) is 17.3. The van der Waals surface area contributed by atoms with E-state index < -0.39 is 0 Å². The molecule has 3 rings (SSSR count). The van der Waals surface area contributed by atoms with E-state index in [1.54, 1.807) is 0 Å². The van der Waals surface area contributed by atoms with Crippen LogP contribution >= 0.6 is 22.6 Å². The Hall–Kier alpha value is -0.620. The summed E-state index contributed by atoms with van der Waals surface area (Å²) < 4.78 is 1.05. The molecule has 0 aliphatic carbocycles. The van der Waals surface area contributed by atoms with Crippen LogP contribution in [0.4, 0.5) is 0 Å². The maximum atomic E-state index is 12.7. The van der Waals surface area contributed by atoms with Crippen molar-refractivity contribution in [1.29, 1.82) is 0 Å². The number of nitrogens with zero attached hydrogens (tertiary/aromatic N) is 2. The molecule has 1 atom stereocenters. The summed E-state index contributed by atoms with van der Waals surface area (Å²) in [5, 5.41) is 0. The Morgan fingerprint density at radius 1 is 1.16 bits per heavy atom. The van der Waals surface area contributed by atoms with Gasteiger partial charge in [0.15, 0.2) is 0 Å². The Bertz CT molecular complexity index is 477. The lowest BCUT2D eigenvalue weighted by Crippen LogP contribution is -2.39. The third kappa shape index (κ3) is 2.79. The monoisotopic (exact) mass is 370 g/mol. The minimum Gasteiger partial charge on any atom is -0.337 e. The Labute approximate surface area is 128 Å². The molecule has 1 aromatic carbocycles. The summed E-state index contributed by atoms with van der Waals surface area (Å²) in [5.41, 5.74) is 0.856. The quantitative estimate of drug-likeness (QED) is 0.710. The van der Waals surface area contributed by atoms with Crippen LogP contribution in [0.25, 0.3) is 0 Å². The normalized spacial score (nSPS) is 24.1. The average Bonchev–Trinajstić information content (AvgIpc) is 2.76. The van der Waals surface area contributed by atoms with Gasteiger partial charge in [-0.1, -0.05) is 12.1 Å². The van der Waals surface area contributed by atoms with Gasteiger partial charge in [-0.05, 0) is 60.5 Å². The first-order chi connectivity index (χ1) is 9.25. The van der Waals surface area contributed by atoms with E-state index in [0.717, 1.165) is 35.2 Å². The third-order valence-corrected chi connectivity index (χ3v) is 5.14. The molecule has 0 saturated carbocycles. The molecule has 19 heavy (non-hydrogen) atoms. The number of fused-ring (bicyclic) bond motifs is 1. The number of halogens is 1. The molecule has 2 aliphatic heterocycles. The molecule has 2 saturated heterocycles. The topological polar surface area (TPSA) is 23.6 Å². The Morgan fingerprint density at radius 2 is 1.95 bits per heavy atom. The Kier molecular flexibility index (Phi) is 4.07. The molecule has 0 bridgehead atoms. The van der Waals surface area contributed by atoms with Crippen molar-refractivity contribution in [3.05, 3.63) is 33.4 Å². The van der Waals surface area contributed by atoms with Gasteiger partial charge in [0, 0.05) is 29.2 Å². The first-order valence-electron chi connectivity index (χ1n) is 7.03. The highest BCUT2D eigenvalue weighted by molar-refractivity contribution is 14.1. The number of carbonyl (C=O) groups is 1. The number of rotatable bonds is 1. The van der Waals surface area contributed by atoms with Crippen molar-refractivity contribution < 1.29 is 4.79 Å². The van der Waals surface area contributed by atoms with Gasteiger partial charge in [0.2, 0.25) is 0 Å². The standard InChI is InChI=1S/C15H19IN2O/c16-14-7-2-1-6-13(14)15(19)18-10-4-9-17-8-3-5-12(17)11-18/h1-2,6-7,12H,3-5,8-11H2. The molecule has 3 nitrogen and oxygen atoms in total. The van der Waals surface area contributed by atoms with Crippen LogP contribution in [0.5, 0.6) is 0 Å². The molecule has 2 aliphatic rings. The van der Waals surface area contributed by atoms with Gasteiger partial charge in [-0.2, -0.15) is 0 Å². The van der Waals surface area contributed by atoms with E-state index in [9.17, 15) is 4.79 Å². The molecule has 102 valence electrons. The number of amides is 1. The van der Waals surface area contributed by atoms with E-state index in [2.05, 4.69) is 32.4 Å². The zero-order valence-electron chi connectivity index (χ0n) is 11.0. The van der Waals surface area contributed by atoms with E-state index in [4.69, 9.17) is 0 Å². The summed E-state index contributed by atoms with van der Waals surface area (Å²) >= 11 is 2.25. The molecule has 1 unspecified atom stereocenters. The summed E-state index contributed by atoms with van der Waals surface area (Å²) in [5.74, 6) is 0.207. The van der Waals surface area contributed by atoms with Crippen molar-refractivity contribution in [1.82, 2.24) is 9.80 Å². The van der Waals surface area contributed by atoms with Crippen LogP contribution in [-0.2, 0) is 0 Å². The summed E-state index contributed by atoms with van der Waals surface area (Å²) in [6, 6.07) is 8.48. The minimum atomic E-state index is 0.207. The zero-order chi connectivity index (χ0) is 13.2. The van der Waals surface area contributed by atoms with Gasteiger partial charge in [-0.3, -0.25) is 9.69 Å². The molecular formula is C15H19IN2O. The van der Waals surface area contributed by atoms with Crippen molar-refractivity contribution in [2.24, 2.45) is 0 Å². The second kappa shape index (κ2) is 5.79. The van der Waals surface area contributed by atoms with E-state index in [1.807, 2.05) is 24.3 Å². The number of benzene rings is 1. The van der Waals surface area contributed by atoms with Gasteiger partial charge >= 0.3 is 0 Å².